The average molecular weight is 276 g/mol. The molecule has 17 heavy (non-hydrogen) atoms. The van der Waals surface area contributed by atoms with Crippen LogP contribution < -0.4 is 5.73 Å². The topological polar surface area (TPSA) is 73.1 Å². The van der Waals surface area contributed by atoms with E-state index in [1.807, 2.05) is 5.38 Å². The van der Waals surface area contributed by atoms with Crippen LogP contribution in [0.25, 0.3) is 0 Å². The van der Waals surface area contributed by atoms with Gasteiger partial charge in [-0.1, -0.05) is 20.3 Å². The molecule has 1 rings (SSSR count). The SMILES string of the molecule is CCC(C)C(N)c1csc(C(C)S(C)(=O)=O)n1. The van der Waals surface area contributed by atoms with Crippen molar-refractivity contribution >= 4 is 21.2 Å². The van der Waals surface area contributed by atoms with Gasteiger partial charge in [-0.15, -0.1) is 11.3 Å². The molecule has 4 nitrogen and oxygen atoms in total. The summed E-state index contributed by atoms with van der Waals surface area (Å²) in [5.74, 6) is 0.346. The average Bonchev–Trinajstić information content (AvgIpc) is 2.73. The van der Waals surface area contributed by atoms with Gasteiger partial charge in [0, 0.05) is 11.6 Å². The Morgan fingerprint density at radius 3 is 2.53 bits per heavy atom. The normalized spacial score (nSPS) is 17.7. The molecule has 0 bridgehead atoms. The molecule has 0 aliphatic heterocycles. The molecule has 3 unspecified atom stereocenters. The summed E-state index contributed by atoms with van der Waals surface area (Å²) in [5.41, 5.74) is 6.87. The van der Waals surface area contributed by atoms with E-state index in [2.05, 4.69) is 18.8 Å². The summed E-state index contributed by atoms with van der Waals surface area (Å²) in [4.78, 5) is 4.36. The van der Waals surface area contributed by atoms with Gasteiger partial charge in [0.2, 0.25) is 0 Å². The molecule has 0 saturated heterocycles. The van der Waals surface area contributed by atoms with Crippen LogP contribution in [0, 0.1) is 5.92 Å². The fraction of sp³-hybridized carbons (Fsp3) is 0.727. The summed E-state index contributed by atoms with van der Waals surface area (Å²) in [5, 5.41) is 1.94. The Kier molecular flexibility index (Phi) is 4.69. The lowest BCUT2D eigenvalue weighted by Gasteiger charge is -2.15. The molecule has 0 aliphatic rings. The van der Waals surface area contributed by atoms with Gasteiger partial charge in [0.15, 0.2) is 9.84 Å². The molecular weight excluding hydrogens is 256 g/mol. The lowest BCUT2D eigenvalue weighted by molar-refractivity contribution is 0.449. The maximum Gasteiger partial charge on any atom is 0.156 e. The van der Waals surface area contributed by atoms with Gasteiger partial charge >= 0.3 is 0 Å². The van der Waals surface area contributed by atoms with Gasteiger partial charge in [0.05, 0.1) is 11.7 Å². The van der Waals surface area contributed by atoms with Crippen molar-refractivity contribution in [3.63, 3.8) is 0 Å². The molecule has 0 saturated carbocycles. The molecule has 98 valence electrons. The zero-order valence-electron chi connectivity index (χ0n) is 10.7. The van der Waals surface area contributed by atoms with Crippen LogP contribution in [0.3, 0.4) is 0 Å². The van der Waals surface area contributed by atoms with E-state index < -0.39 is 15.1 Å². The molecule has 1 aromatic rings. The quantitative estimate of drug-likeness (QED) is 0.895. The van der Waals surface area contributed by atoms with Gasteiger partial charge < -0.3 is 5.73 Å². The van der Waals surface area contributed by atoms with E-state index in [0.717, 1.165) is 12.1 Å². The predicted octanol–water partition coefficient (Wildman–Crippen LogP) is 2.29. The van der Waals surface area contributed by atoms with Gasteiger partial charge in [-0.2, -0.15) is 0 Å². The van der Waals surface area contributed by atoms with Crippen LogP contribution in [0.4, 0.5) is 0 Å². The minimum atomic E-state index is -3.09. The van der Waals surface area contributed by atoms with E-state index in [0.29, 0.717) is 10.9 Å². The van der Waals surface area contributed by atoms with Crippen molar-refractivity contribution in [3.05, 3.63) is 16.1 Å². The van der Waals surface area contributed by atoms with Crippen molar-refractivity contribution in [2.24, 2.45) is 11.7 Å². The van der Waals surface area contributed by atoms with E-state index in [9.17, 15) is 8.42 Å². The smallest absolute Gasteiger partial charge is 0.156 e. The molecule has 0 radical (unpaired) electrons. The number of thiazole rings is 1. The Morgan fingerprint density at radius 2 is 2.06 bits per heavy atom. The molecule has 0 aromatic carbocycles. The third-order valence-corrected chi connectivity index (χ3v) is 5.83. The first-order valence-corrected chi connectivity index (χ1v) is 8.50. The lowest BCUT2D eigenvalue weighted by Crippen LogP contribution is -2.19. The minimum Gasteiger partial charge on any atom is -0.322 e. The van der Waals surface area contributed by atoms with Crippen molar-refractivity contribution < 1.29 is 8.42 Å². The highest BCUT2D eigenvalue weighted by Crippen LogP contribution is 2.28. The van der Waals surface area contributed by atoms with Gasteiger partial charge in [-0.05, 0) is 12.8 Å². The summed E-state index contributed by atoms with van der Waals surface area (Å²) in [6.45, 7) is 5.81. The summed E-state index contributed by atoms with van der Waals surface area (Å²) in [7, 11) is -3.09. The standard InChI is InChI=1S/C11H20N2O2S2/c1-5-7(2)10(12)9-6-16-11(13-9)8(3)17(4,14)15/h6-8,10H,5,12H2,1-4H3. The largest absolute Gasteiger partial charge is 0.322 e. The van der Waals surface area contributed by atoms with Crippen molar-refractivity contribution in [3.8, 4) is 0 Å². The number of nitrogens with zero attached hydrogens (tertiary/aromatic N) is 1. The zero-order chi connectivity index (χ0) is 13.2. The van der Waals surface area contributed by atoms with Gasteiger partial charge in [0.1, 0.15) is 10.3 Å². The van der Waals surface area contributed by atoms with Crippen molar-refractivity contribution in [1.29, 1.82) is 0 Å². The van der Waals surface area contributed by atoms with Crippen molar-refractivity contribution in [2.75, 3.05) is 6.26 Å². The minimum absolute atomic E-state index is 0.114. The summed E-state index contributed by atoms with van der Waals surface area (Å²) >= 11 is 1.37. The first-order chi connectivity index (χ1) is 7.77. The third-order valence-electron chi connectivity index (χ3n) is 3.13. The maximum atomic E-state index is 11.4. The van der Waals surface area contributed by atoms with E-state index in [1.165, 1.54) is 17.6 Å². The fourth-order valence-electron chi connectivity index (χ4n) is 1.37. The lowest BCUT2D eigenvalue weighted by atomic mass is 9.98. The molecule has 1 heterocycles. The number of hydrogen-bond acceptors (Lipinski definition) is 5. The number of aromatic nitrogens is 1. The fourth-order valence-corrected chi connectivity index (χ4v) is 3.28. The molecule has 0 spiro atoms. The number of nitrogens with two attached hydrogens (primary N) is 1. The second-order valence-corrected chi connectivity index (χ2v) is 7.75. The molecule has 0 fully saturated rings. The maximum absolute atomic E-state index is 11.4. The van der Waals surface area contributed by atoms with Crippen molar-refractivity contribution in [1.82, 2.24) is 4.98 Å². The van der Waals surface area contributed by atoms with Crippen LogP contribution in [-0.4, -0.2) is 19.7 Å². The Morgan fingerprint density at radius 1 is 1.47 bits per heavy atom. The summed E-state index contributed by atoms with van der Waals surface area (Å²) in [6, 6.07) is -0.114. The molecule has 2 N–H and O–H groups in total. The molecular formula is C11H20N2O2S2. The van der Waals surface area contributed by atoms with E-state index >= 15 is 0 Å². The van der Waals surface area contributed by atoms with Crippen LogP contribution >= 0.6 is 11.3 Å². The highest BCUT2D eigenvalue weighted by molar-refractivity contribution is 7.91. The third kappa shape index (κ3) is 3.50. The molecule has 6 heteroatoms. The highest BCUT2D eigenvalue weighted by Gasteiger charge is 2.23. The molecule has 1 aromatic heterocycles. The molecule has 3 atom stereocenters. The van der Waals surface area contributed by atoms with Crippen LogP contribution in [0.15, 0.2) is 5.38 Å². The van der Waals surface area contributed by atoms with E-state index in [1.54, 1.807) is 6.92 Å². The Hall–Kier alpha value is -0.460. The van der Waals surface area contributed by atoms with Crippen molar-refractivity contribution in [2.45, 2.75) is 38.5 Å². The van der Waals surface area contributed by atoms with Crippen LogP contribution in [0.2, 0.25) is 0 Å². The molecule has 0 aliphatic carbocycles. The Labute approximate surface area is 107 Å². The van der Waals surface area contributed by atoms with Crippen LogP contribution in [0.1, 0.15) is 49.2 Å². The highest BCUT2D eigenvalue weighted by atomic mass is 32.2. The summed E-state index contributed by atoms with van der Waals surface area (Å²) in [6.07, 6.45) is 2.21. The van der Waals surface area contributed by atoms with E-state index in [-0.39, 0.29) is 6.04 Å². The predicted molar refractivity (Wildman–Crippen MR) is 71.8 cm³/mol. The first kappa shape index (κ1) is 14.6. The monoisotopic (exact) mass is 276 g/mol. The van der Waals surface area contributed by atoms with Gasteiger partial charge in [0.25, 0.3) is 0 Å². The molecule has 0 amide bonds. The van der Waals surface area contributed by atoms with Gasteiger partial charge in [-0.3, -0.25) is 0 Å². The first-order valence-electron chi connectivity index (χ1n) is 5.67. The Bertz CT molecular complexity index is 468. The Balaban J connectivity index is 2.93. The zero-order valence-corrected chi connectivity index (χ0v) is 12.3. The second-order valence-electron chi connectivity index (χ2n) is 4.49. The number of sulfone groups is 1. The van der Waals surface area contributed by atoms with Gasteiger partial charge in [-0.25, -0.2) is 13.4 Å². The van der Waals surface area contributed by atoms with E-state index in [4.69, 9.17) is 5.73 Å². The number of hydrogen-bond donors (Lipinski definition) is 1. The summed E-state index contributed by atoms with van der Waals surface area (Å²) < 4.78 is 22.9. The van der Waals surface area contributed by atoms with Crippen LogP contribution in [0.5, 0.6) is 0 Å². The van der Waals surface area contributed by atoms with Crippen LogP contribution in [-0.2, 0) is 9.84 Å². The second kappa shape index (κ2) is 5.46. The number of rotatable bonds is 5.